The number of urea groups is 1. The highest BCUT2D eigenvalue weighted by molar-refractivity contribution is 8.13. The van der Waals surface area contributed by atoms with Crippen molar-refractivity contribution in [1.82, 2.24) is 5.32 Å². The van der Waals surface area contributed by atoms with Crippen LogP contribution < -0.4 is 10.2 Å². The quantitative estimate of drug-likeness (QED) is 0.715. The molecule has 1 N–H and O–H groups in total. The third kappa shape index (κ3) is 3.86. The average molecular weight is 445 g/mol. The molecule has 0 bridgehead atoms. The zero-order valence-corrected chi connectivity index (χ0v) is 17.1. The van der Waals surface area contributed by atoms with Gasteiger partial charge in [0.05, 0.1) is 39.9 Å². The minimum atomic E-state index is -4.27. The summed E-state index contributed by atoms with van der Waals surface area (Å²) in [6, 6.07) is 12.1. The fraction of sp³-hybridized carbons (Fsp3) is 0.150. The maximum atomic E-state index is 13.0. The lowest BCUT2D eigenvalue weighted by molar-refractivity contribution is 0.243. The summed E-state index contributed by atoms with van der Waals surface area (Å²) in [7, 11) is 1.26. The third-order valence-electron chi connectivity index (χ3n) is 4.64. The largest absolute Gasteiger partial charge is 0.327 e. The minimum absolute atomic E-state index is 0.0592. The number of nitrogens with one attached hydrogen (secondary N) is 1. The van der Waals surface area contributed by atoms with Gasteiger partial charge in [-0.1, -0.05) is 18.2 Å². The summed E-state index contributed by atoms with van der Waals surface area (Å²) < 4.78 is 37.2. The molecule has 0 saturated carbocycles. The number of carbonyl (C=O) groups excluding carboxylic acids is 1. The summed E-state index contributed by atoms with van der Waals surface area (Å²) in [6.07, 6.45) is 0. The molecule has 0 spiro atoms. The summed E-state index contributed by atoms with van der Waals surface area (Å²) in [5, 5.41) is 21.4. The van der Waals surface area contributed by atoms with Crippen LogP contribution in [0.3, 0.4) is 0 Å². The molecule has 10 heteroatoms. The molecule has 2 aromatic rings. The highest BCUT2D eigenvalue weighted by Crippen LogP contribution is 2.36. The molecule has 1 heterocycles. The lowest BCUT2D eigenvalue weighted by atomic mass is 9.94. The Morgan fingerprint density at radius 2 is 1.93 bits per heavy atom. The van der Waals surface area contributed by atoms with Gasteiger partial charge >= 0.3 is 6.03 Å². The second-order valence-corrected chi connectivity index (χ2v) is 8.97. The van der Waals surface area contributed by atoms with Gasteiger partial charge in [-0.3, -0.25) is 4.90 Å². The molecule has 1 aliphatic rings. The van der Waals surface area contributed by atoms with Crippen molar-refractivity contribution in [2.75, 3.05) is 4.90 Å². The molecule has 30 heavy (non-hydrogen) atoms. The summed E-state index contributed by atoms with van der Waals surface area (Å²) >= 11 is 0. The summed E-state index contributed by atoms with van der Waals surface area (Å²) in [5.41, 5.74) is 1.16. The van der Waals surface area contributed by atoms with Crippen molar-refractivity contribution in [2.24, 2.45) is 0 Å². The number of hydrogen-bond donors (Lipinski definition) is 1. The van der Waals surface area contributed by atoms with Gasteiger partial charge in [-0.15, -0.1) is 0 Å². The zero-order valence-electron chi connectivity index (χ0n) is 15.6. The van der Waals surface area contributed by atoms with E-state index < -0.39 is 27.8 Å². The summed E-state index contributed by atoms with van der Waals surface area (Å²) in [5.74, 6) is 0. The molecular weight excluding hydrogens is 431 g/mol. The molecule has 2 aromatic carbocycles. The Balaban J connectivity index is 2.19. The van der Waals surface area contributed by atoms with Crippen LogP contribution in [-0.4, -0.2) is 14.4 Å². The second kappa shape index (κ2) is 8.15. The maximum absolute atomic E-state index is 13.0. The van der Waals surface area contributed by atoms with Crippen LogP contribution in [0.2, 0.25) is 0 Å². The number of allylic oxidation sites excluding steroid dienone is 1. The van der Waals surface area contributed by atoms with E-state index in [0.29, 0.717) is 11.3 Å². The van der Waals surface area contributed by atoms with E-state index in [1.165, 1.54) is 30.0 Å². The number of hydrogen-bond acceptors (Lipinski definition) is 5. The number of halogens is 2. The first-order valence-electron chi connectivity index (χ1n) is 8.56. The molecule has 0 unspecified atom stereocenters. The molecule has 0 saturated heterocycles. The Kier molecular flexibility index (Phi) is 5.79. The van der Waals surface area contributed by atoms with Gasteiger partial charge in [-0.25, -0.2) is 17.6 Å². The molecule has 0 aliphatic carbocycles. The molecule has 152 valence electrons. The number of benzene rings is 2. The van der Waals surface area contributed by atoms with Gasteiger partial charge in [0, 0.05) is 16.4 Å². The van der Waals surface area contributed by atoms with Crippen molar-refractivity contribution in [2.45, 2.75) is 24.5 Å². The van der Waals surface area contributed by atoms with Gasteiger partial charge in [-0.05, 0) is 42.3 Å². The maximum Gasteiger partial charge on any atom is 0.327 e. The van der Waals surface area contributed by atoms with Crippen LogP contribution in [0.15, 0.2) is 58.6 Å². The van der Waals surface area contributed by atoms with E-state index in [1.807, 2.05) is 12.1 Å². The van der Waals surface area contributed by atoms with Crippen LogP contribution in [0.4, 0.5) is 14.9 Å². The Morgan fingerprint density at radius 1 is 1.20 bits per heavy atom. The number of carbonyl (C=O) groups is 1. The van der Waals surface area contributed by atoms with Crippen LogP contribution in [0.25, 0.3) is 0 Å². The van der Waals surface area contributed by atoms with E-state index >= 15 is 0 Å². The van der Waals surface area contributed by atoms with Crippen molar-refractivity contribution in [3.63, 3.8) is 0 Å². The number of amides is 2. The van der Waals surface area contributed by atoms with E-state index in [-0.39, 0.29) is 27.3 Å². The highest BCUT2D eigenvalue weighted by atomic mass is 35.7. The fourth-order valence-electron chi connectivity index (χ4n) is 3.26. The Bertz CT molecular complexity index is 1260. The molecule has 7 nitrogen and oxygen atoms in total. The molecule has 0 fully saturated rings. The molecule has 1 atom stereocenters. The number of anilines is 1. The van der Waals surface area contributed by atoms with E-state index in [1.54, 1.807) is 18.2 Å². The molecule has 0 radical (unpaired) electrons. The second-order valence-electron chi connectivity index (χ2n) is 6.43. The van der Waals surface area contributed by atoms with Gasteiger partial charge in [0.15, 0.2) is 0 Å². The number of rotatable bonds is 4. The van der Waals surface area contributed by atoms with Crippen LogP contribution in [0.5, 0.6) is 0 Å². The molecule has 2 amide bonds. The van der Waals surface area contributed by atoms with Gasteiger partial charge in [-0.2, -0.15) is 10.5 Å². The lowest BCUT2D eigenvalue weighted by Gasteiger charge is -2.34. The van der Waals surface area contributed by atoms with Crippen LogP contribution >= 0.6 is 10.7 Å². The smallest absolute Gasteiger partial charge is 0.326 e. The van der Waals surface area contributed by atoms with Gasteiger partial charge in [0.1, 0.15) is 6.67 Å². The van der Waals surface area contributed by atoms with Crippen molar-refractivity contribution in [3.05, 3.63) is 70.4 Å². The third-order valence-corrected chi connectivity index (χ3v) is 6.02. The molecule has 1 aliphatic heterocycles. The zero-order chi connectivity index (χ0) is 22.1. The van der Waals surface area contributed by atoms with Crippen molar-refractivity contribution >= 4 is 31.5 Å². The molecule has 3 rings (SSSR count). The van der Waals surface area contributed by atoms with E-state index in [4.69, 9.17) is 15.9 Å². The van der Waals surface area contributed by atoms with Gasteiger partial charge in [0.25, 0.3) is 9.05 Å². The lowest BCUT2D eigenvalue weighted by Crippen LogP contribution is -2.46. The Hall–Kier alpha value is -3.40. The normalized spacial score (nSPS) is 16.6. The monoisotopic (exact) mass is 444 g/mol. The Labute approximate surface area is 177 Å². The number of alkyl halides is 1. The van der Waals surface area contributed by atoms with E-state index in [0.717, 1.165) is 6.07 Å². The highest BCUT2D eigenvalue weighted by Gasteiger charge is 2.35. The topological polar surface area (TPSA) is 114 Å². The fourth-order valence-corrected chi connectivity index (χ4v) is 4.40. The first kappa shape index (κ1) is 21.3. The number of nitriles is 2. The Morgan fingerprint density at radius 3 is 2.53 bits per heavy atom. The summed E-state index contributed by atoms with van der Waals surface area (Å²) in [6.45, 7) is 0.812. The van der Waals surface area contributed by atoms with Crippen LogP contribution in [-0.2, 0) is 15.7 Å². The summed E-state index contributed by atoms with van der Waals surface area (Å²) in [4.78, 5) is 13.7. The van der Waals surface area contributed by atoms with Crippen LogP contribution in [0.1, 0.15) is 29.7 Å². The van der Waals surface area contributed by atoms with Gasteiger partial charge in [0.2, 0.25) is 0 Å². The van der Waals surface area contributed by atoms with Crippen molar-refractivity contribution in [1.29, 1.82) is 10.5 Å². The van der Waals surface area contributed by atoms with E-state index in [2.05, 4.69) is 5.32 Å². The van der Waals surface area contributed by atoms with Crippen molar-refractivity contribution < 1.29 is 17.6 Å². The average Bonchev–Trinajstić information content (AvgIpc) is 2.72. The SMILES string of the molecule is CC1=C(C#N)[C@@H](c2ccc(C#N)cc2S(=O)(=O)Cl)NC(=O)N1c1cccc(CF)c1. The standard InChI is InChI=1S/C20H14ClFN4O3S/c1-12-17(11-24)19(16-6-5-14(10-23)8-18(16)30(21,28)29)25-20(27)26(12)15-4-2-3-13(7-15)9-22/h2-8,19H,9H2,1H3,(H,25,27)/t19-/m1/s1. The number of nitrogens with zero attached hydrogens (tertiary/aromatic N) is 3. The van der Waals surface area contributed by atoms with E-state index in [9.17, 15) is 22.9 Å². The van der Waals surface area contributed by atoms with Crippen LogP contribution in [0, 0.1) is 22.7 Å². The first-order chi connectivity index (χ1) is 14.2. The minimum Gasteiger partial charge on any atom is -0.326 e. The molecule has 0 aromatic heterocycles. The predicted octanol–water partition coefficient (Wildman–Crippen LogP) is 4.02. The molecular formula is C20H14ClFN4O3S. The predicted molar refractivity (Wildman–Crippen MR) is 108 cm³/mol. The van der Waals surface area contributed by atoms with Gasteiger partial charge < -0.3 is 5.32 Å². The van der Waals surface area contributed by atoms with Crippen molar-refractivity contribution in [3.8, 4) is 12.1 Å². The first-order valence-corrected chi connectivity index (χ1v) is 10.9.